The molecular formula is C104H98N4. The van der Waals surface area contributed by atoms with Gasteiger partial charge in [0.15, 0.2) is 0 Å². The van der Waals surface area contributed by atoms with Crippen LogP contribution in [-0.2, 0) is 0 Å². The Morgan fingerprint density at radius 1 is 0.167 bits per heavy atom. The fraction of sp³-hybridized carbons (Fsp3) is 0.192. The van der Waals surface area contributed by atoms with Crippen molar-refractivity contribution in [2.45, 2.75) is 128 Å². The molecule has 0 saturated heterocycles. The predicted molar refractivity (Wildman–Crippen MR) is 463 cm³/mol. The minimum Gasteiger partial charge on any atom is -0.311 e. The molecule has 0 spiro atoms. The zero-order valence-corrected chi connectivity index (χ0v) is 62.4. The summed E-state index contributed by atoms with van der Waals surface area (Å²) in [6.07, 6.45) is 39.7. The van der Waals surface area contributed by atoms with E-state index < -0.39 is 0 Å². The Balaban J connectivity index is 0.816. The first kappa shape index (κ1) is 70.6. The normalized spacial score (nSPS) is 14.4. The first-order valence-corrected chi connectivity index (χ1v) is 39.9. The first-order valence-electron chi connectivity index (χ1n) is 39.9. The molecule has 0 atom stereocenters. The van der Waals surface area contributed by atoms with Crippen LogP contribution < -0.4 is 19.6 Å². The van der Waals surface area contributed by atoms with Crippen molar-refractivity contribution in [2.75, 3.05) is 19.6 Å². The summed E-state index contributed by atoms with van der Waals surface area (Å²) < 4.78 is 0. The van der Waals surface area contributed by atoms with Crippen LogP contribution in [0.2, 0.25) is 0 Å². The topological polar surface area (TPSA) is 13.0 Å². The summed E-state index contributed by atoms with van der Waals surface area (Å²) in [6, 6.07) is 117. The molecule has 0 heterocycles. The Hall–Kier alpha value is -11.7. The summed E-state index contributed by atoms with van der Waals surface area (Å²) in [4.78, 5) is 9.54. The van der Waals surface area contributed by atoms with E-state index >= 15 is 0 Å². The molecule has 4 aliphatic carbocycles. The van der Waals surface area contributed by atoms with E-state index in [1.165, 1.54) is 151 Å². The molecule has 4 saturated carbocycles. The van der Waals surface area contributed by atoms with Crippen molar-refractivity contribution in [2.24, 2.45) is 0 Å². The van der Waals surface area contributed by atoms with Gasteiger partial charge in [0.1, 0.15) is 0 Å². The van der Waals surface area contributed by atoms with Crippen LogP contribution >= 0.6 is 0 Å². The molecule has 0 unspecified atom stereocenters. The highest BCUT2D eigenvalue weighted by atomic mass is 15.2. The van der Waals surface area contributed by atoms with Crippen LogP contribution in [-0.4, -0.2) is 0 Å². The van der Waals surface area contributed by atoms with Gasteiger partial charge in [0.2, 0.25) is 0 Å². The molecule has 0 aliphatic heterocycles. The number of hydrogen-bond acceptors (Lipinski definition) is 4. The number of hydrogen-bond donors (Lipinski definition) is 0. The van der Waals surface area contributed by atoms with Crippen LogP contribution in [0.3, 0.4) is 0 Å². The van der Waals surface area contributed by atoms with E-state index in [4.69, 9.17) is 0 Å². The maximum absolute atomic E-state index is 2.42. The van der Waals surface area contributed by atoms with Crippen LogP contribution in [0, 0.1) is 0 Å². The lowest BCUT2D eigenvalue weighted by molar-refractivity contribution is 0.602. The van der Waals surface area contributed by atoms with Crippen LogP contribution in [0.15, 0.2) is 350 Å². The first-order chi connectivity index (χ1) is 53.5. The second-order valence-electron chi connectivity index (χ2n) is 29.9. The molecule has 4 aliphatic rings. The lowest BCUT2D eigenvalue weighted by Crippen LogP contribution is -2.10. The molecule has 4 nitrogen and oxygen atoms in total. The lowest BCUT2D eigenvalue weighted by atomic mass is 9.93. The van der Waals surface area contributed by atoms with Gasteiger partial charge in [-0.2, -0.15) is 0 Å². The van der Waals surface area contributed by atoms with Crippen molar-refractivity contribution in [3.05, 3.63) is 394 Å². The zero-order valence-electron chi connectivity index (χ0n) is 62.4. The summed E-state index contributed by atoms with van der Waals surface area (Å²) in [5.74, 6) is 0. The minimum atomic E-state index is 1.09. The van der Waals surface area contributed by atoms with E-state index in [0.29, 0.717) is 0 Å². The van der Waals surface area contributed by atoms with Gasteiger partial charge in [-0.15, -0.1) is 0 Å². The fourth-order valence-corrected chi connectivity index (χ4v) is 16.6. The highest BCUT2D eigenvalue weighted by molar-refractivity contribution is 5.90. The summed E-state index contributed by atoms with van der Waals surface area (Å²) in [7, 11) is 0. The Bertz CT molecular complexity index is 4430. The van der Waals surface area contributed by atoms with Gasteiger partial charge in [-0.05, 0) is 304 Å². The van der Waals surface area contributed by atoms with Crippen molar-refractivity contribution in [3.8, 4) is 0 Å². The van der Waals surface area contributed by atoms with E-state index in [-0.39, 0.29) is 0 Å². The van der Waals surface area contributed by atoms with Crippen molar-refractivity contribution in [1.82, 2.24) is 0 Å². The molecule has 0 aromatic heterocycles. The third-order valence-electron chi connectivity index (χ3n) is 22.3. The third kappa shape index (κ3) is 17.4. The van der Waals surface area contributed by atoms with Crippen LogP contribution in [0.4, 0.5) is 68.2 Å². The highest BCUT2D eigenvalue weighted by Gasteiger charge is 2.21. The molecule has 0 amide bonds. The van der Waals surface area contributed by atoms with Gasteiger partial charge < -0.3 is 19.6 Å². The maximum atomic E-state index is 2.42. The second kappa shape index (κ2) is 34.7. The highest BCUT2D eigenvalue weighted by Crippen LogP contribution is 2.43. The Labute approximate surface area is 642 Å². The largest absolute Gasteiger partial charge is 0.311 e. The number of nitrogens with zero attached hydrogens (tertiary/aromatic N) is 4. The smallest absolute Gasteiger partial charge is 0.0462 e. The monoisotopic (exact) mass is 1400 g/mol. The molecule has 534 valence electrons. The van der Waals surface area contributed by atoms with Crippen LogP contribution in [0.25, 0.3) is 35.5 Å². The van der Waals surface area contributed by atoms with Gasteiger partial charge in [0.05, 0.1) is 0 Å². The fourth-order valence-electron chi connectivity index (χ4n) is 16.6. The summed E-state index contributed by atoms with van der Waals surface area (Å²) in [5.41, 5.74) is 31.2. The van der Waals surface area contributed by atoms with E-state index in [9.17, 15) is 0 Å². The molecule has 12 aromatic carbocycles. The number of benzene rings is 12. The quantitative estimate of drug-likeness (QED) is 0.0665. The summed E-state index contributed by atoms with van der Waals surface area (Å²) in [6.45, 7) is 0. The second-order valence-corrected chi connectivity index (χ2v) is 29.9. The van der Waals surface area contributed by atoms with E-state index in [2.05, 4.69) is 372 Å². The molecule has 0 N–H and O–H groups in total. The van der Waals surface area contributed by atoms with Gasteiger partial charge in [0, 0.05) is 68.2 Å². The van der Waals surface area contributed by atoms with Crippen molar-refractivity contribution >= 4 is 104 Å². The average molecular weight is 1400 g/mol. The number of anilines is 12. The molecule has 4 heteroatoms. The number of allylic oxidation sites excluding steroid dienone is 6. The molecule has 108 heavy (non-hydrogen) atoms. The SMILES string of the molecule is C(=C1CCCCC1)c1ccc(N(c2ccccc2)c2ccc(C(=CC=C(c3ccc(N(c4ccccc4)c4ccc(C=C5CCCCC5)cc4)cc3)c3ccc(N(c4ccccc4)c4ccc(C=C5CCCCC5)cc4)cc3)c3ccc(N(c4ccccc4)c4ccc(C=C5CCCCC5)cc4)cc3)cc2)cc1. The van der Waals surface area contributed by atoms with Gasteiger partial charge in [-0.3, -0.25) is 0 Å². The Morgan fingerprint density at radius 3 is 0.500 bits per heavy atom. The average Bonchev–Trinajstić information content (AvgIpc) is 0.786. The molecular weight excluding hydrogens is 1310 g/mol. The van der Waals surface area contributed by atoms with Gasteiger partial charge in [-0.25, -0.2) is 0 Å². The Kier molecular flexibility index (Phi) is 22.7. The molecule has 0 bridgehead atoms. The van der Waals surface area contributed by atoms with Crippen molar-refractivity contribution < 1.29 is 0 Å². The van der Waals surface area contributed by atoms with Crippen molar-refractivity contribution in [1.29, 1.82) is 0 Å². The summed E-state index contributed by atoms with van der Waals surface area (Å²) >= 11 is 0. The summed E-state index contributed by atoms with van der Waals surface area (Å²) in [5, 5.41) is 0. The molecule has 4 fully saturated rings. The zero-order chi connectivity index (χ0) is 72.5. The van der Waals surface area contributed by atoms with Crippen LogP contribution in [0.1, 0.15) is 173 Å². The van der Waals surface area contributed by atoms with Gasteiger partial charge in [0.25, 0.3) is 0 Å². The van der Waals surface area contributed by atoms with Crippen LogP contribution in [0.5, 0.6) is 0 Å². The maximum Gasteiger partial charge on any atom is 0.0462 e. The lowest BCUT2D eigenvalue weighted by Gasteiger charge is -2.26. The van der Waals surface area contributed by atoms with E-state index in [1.807, 2.05) is 0 Å². The van der Waals surface area contributed by atoms with Gasteiger partial charge >= 0.3 is 0 Å². The van der Waals surface area contributed by atoms with E-state index in [1.54, 1.807) is 22.3 Å². The van der Waals surface area contributed by atoms with E-state index in [0.717, 1.165) is 102 Å². The predicted octanol–water partition coefficient (Wildman–Crippen LogP) is 30.5. The third-order valence-corrected chi connectivity index (χ3v) is 22.3. The minimum absolute atomic E-state index is 1.09. The number of rotatable bonds is 21. The number of para-hydroxylation sites is 4. The van der Waals surface area contributed by atoms with Gasteiger partial charge in [-0.1, -0.05) is 254 Å². The molecule has 16 rings (SSSR count). The Morgan fingerprint density at radius 2 is 0.324 bits per heavy atom. The molecule has 0 radical (unpaired) electrons. The standard InChI is InChI=1S/C104H98N4/c1-9-25-79(26-10-1)75-83-41-57-95(58-42-83)105(91-33-17-5-18-34-91)99-65-49-87(50-66-99)103(88-51-67-100(68-52-88)106(92-35-19-6-20-36-92)96-59-43-84(44-60-96)76-80-27-11-2-12-28-80)73-74-104(89-53-69-101(70-54-89)107(93-37-21-7-22-38-93)97-61-45-85(46-62-97)77-81-29-13-3-14-30-81)90-55-71-102(72-56-90)108(94-39-23-8-24-40-94)98-63-47-86(48-64-98)78-82-31-15-4-16-32-82/h5-8,17-24,33-78H,1-4,9-16,25-32H2. The molecule has 12 aromatic rings. The van der Waals surface area contributed by atoms with Crippen molar-refractivity contribution in [3.63, 3.8) is 0 Å².